The number of carbonyl (C=O) groups excluding carboxylic acids is 2. The van der Waals surface area contributed by atoms with E-state index in [1.807, 2.05) is 18.2 Å². The van der Waals surface area contributed by atoms with Gasteiger partial charge in [-0.05, 0) is 69.0 Å². The van der Waals surface area contributed by atoms with E-state index < -0.39 is 17.9 Å². The van der Waals surface area contributed by atoms with Gasteiger partial charge in [0.25, 0.3) is 11.8 Å². The normalized spacial score (nSPS) is 15.0. The van der Waals surface area contributed by atoms with E-state index in [1.54, 1.807) is 23.5 Å². The Morgan fingerprint density at radius 1 is 1.13 bits per heavy atom. The van der Waals surface area contributed by atoms with Gasteiger partial charge in [-0.25, -0.2) is 4.79 Å². The zero-order valence-electron chi connectivity index (χ0n) is 21.0. The van der Waals surface area contributed by atoms with E-state index in [0.29, 0.717) is 21.5 Å². The molecule has 0 saturated carbocycles. The largest absolute Gasteiger partial charge is 0.494 e. The van der Waals surface area contributed by atoms with E-state index >= 15 is 0 Å². The van der Waals surface area contributed by atoms with Gasteiger partial charge in [0.2, 0.25) is 0 Å². The molecule has 2 amide bonds. The first-order valence-electron chi connectivity index (χ1n) is 12.6. The van der Waals surface area contributed by atoms with Crippen LogP contribution in [0.4, 0.5) is 0 Å². The summed E-state index contributed by atoms with van der Waals surface area (Å²) in [6, 6.07) is 9.94. The van der Waals surface area contributed by atoms with Gasteiger partial charge in [0.1, 0.15) is 11.7 Å². The molecule has 0 bridgehead atoms. The van der Waals surface area contributed by atoms with Gasteiger partial charge >= 0.3 is 5.97 Å². The number of aromatic nitrogens is 1. The summed E-state index contributed by atoms with van der Waals surface area (Å²) in [5.74, 6) is -1.14. The number of H-pyrrole nitrogens is 1. The van der Waals surface area contributed by atoms with Crippen molar-refractivity contribution >= 4 is 60.8 Å². The first kappa shape index (κ1) is 26.2. The number of rotatable bonds is 10. The van der Waals surface area contributed by atoms with Gasteiger partial charge in [-0.1, -0.05) is 12.1 Å². The van der Waals surface area contributed by atoms with Crippen molar-refractivity contribution in [3.05, 3.63) is 51.8 Å². The summed E-state index contributed by atoms with van der Waals surface area (Å²) in [4.78, 5) is 42.4. The van der Waals surface area contributed by atoms with E-state index in [0.717, 1.165) is 34.8 Å². The zero-order chi connectivity index (χ0) is 26.6. The first-order chi connectivity index (χ1) is 18.4. The molecule has 38 heavy (non-hydrogen) atoms. The molecule has 11 heteroatoms. The Morgan fingerprint density at radius 2 is 1.92 bits per heavy atom. The van der Waals surface area contributed by atoms with Gasteiger partial charge in [-0.15, -0.1) is 22.7 Å². The molecule has 3 aromatic heterocycles. The highest BCUT2D eigenvalue weighted by Gasteiger charge is 2.26. The van der Waals surface area contributed by atoms with Crippen LogP contribution in [-0.4, -0.2) is 60.7 Å². The monoisotopic (exact) mass is 554 g/mol. The van der Waals surface area contributed by atoms with E-state index in [9.17, 15) is 19.5 Å². The number of carboxylic acid groups (broad SMARTS) is 1. The number of hydrogen-bond donors (Lipinski definition) is 5. The van der Waals surface area contributed by atoms with Crippen molar-refractivity contribution in [3.8, 4) is 5.75 Å². The molecule has 4 aromatic rings. The number of thiophene rings is 2. The van der Waals surface area contributed by atoms with Crippen molar-refractivity contribution in [3.63, 3.8) is 0 Å². The highest BCUT2D eigenvalue weighted by atomic mass is 32.2. The lowest BCUT2D eigenvalue weighted by atomic mass is 9.93. The molecule has 5 N–H and O–H groups in total. The van der Waals surface area contributed by atoms with Crippen molar-refractivity contribution in [2.75, 3.05) is 26.7 Å². The second-order valence-corrected chi connectivity index (χ2v) is 11.9. The average molecular weight is 555 g/mol. The van der Waals surface area contributed by atoms with Crippen LogP contribution < -0.4 is 20.7 Å². The lowest BCUT2D eigenvalue weighted by Gasteiger charge is -2.22. The van der Waals surface area contributed by atoms with Crippen LogP contribution in [0.5, 0.6) is 5.75 Å². The molecule has 5 rings (SSSR count). The quantitative estimate of drug-likeness (QED) is 0.201. The van der Waals surface area contributed by atoms with E-state index in [-0.39, 0.29) is 18.1 Å². The third-order valence-corrected chi connectivity index (χ3v) is 9.36. The molecule has 9 nitrogen and oxygen atoms in total. The minimum Gasteiger partial charge on any atom is -0.494 e. The topological polar surface area (TPSA) is 133 Å². The van der Waals surface area contributed by atoms with Crippen LogP contribution in [0.15, 0.2) is 36.4 Å². The van der Waals surface area contributed by atoms with Crippen molar-refractivity contribution < 1.29 is 24.2 Å². The SMILES string of the molecule is COc1c(C(=O)N[C@@H](CNC(=O)c2cc3cc(CCC4CCNCC4)sc3s2)C(=O)O)[nH]c2ccccc12. The number of nitrogens with one attached hydrogen (secondary N) is 4. The smallest absolute Gasteiger partial charge is 0.328 e. The Balaban J connectivity index is 1.19. The first-order valence-corrected chi connectivity index (χ1v) is 14.3. The maximum absolute atomic E-state index is 12.9. The van der Waals surface area contributed by atoms with Gasteiger partial charge in [0.05, 0.1) is 16.0 Å². The summed E-state index contributed by atoms with van der Waals surface area (Å²) in [7, 11) is 1.45. The van der Waals surface area contributed by atoms with Gasteiger partial charge in [-0.3, -0.25) is 9.59 Å². The van der Waals surface area contributed by atoms with Crippen molar-refractivity contribution in [2.24, 2.45) is 5.92 Å². The van der Waals surface area contributed by atoms with Gasteiger partial charge in [0, 0.05) is 27.7 Å². The molecule has 1 aliphatic heterocycles. The molecular weight excluding hydrogens is 524 g/mol. The van der Waals surface area contributed by atoms with Crippen LogP contribution in [0.25, 0.3) is 20.3 Å². The summed E-state index contributed by atoms with van der Waals surface area (Å²) in [6.07, 6.45) is 4.71. The molecular formula is C27H30N4O5S2. The second kappa shape index (κ2) is 11.5. The number of hydrogen-bond acceptors (Lipinski definition) is 7. The fourth-order valence-corrected chi connectivity index (χ4v) is 7.27. The lowest BCUT2D eigenvalue weighted by molar-refractivity contribution is -0.139. The molecule has 0 radical (unpaired) electrons. The van der Waals surface area contributed by atoms with Crippen molar-refractivity contribution in [2.45, 2.75) is 31.7 Å². The Kier molecular flexibility index (Phi) is 7.96. The van der Waals surface area contributed by atoms with Gasteiger partial charge < -0.3 is 30.8 Å². The number of piperidine rings is 1. The maximum Gasteiger partial charge on any atom is 0.328 e. The summed E-state index contributed by atoms with van der Waals surface area (Å²) in [5.41, 5.74) is 0.822. The molecule has 1 atom stereocenters. The van der Waals surface area contributed by atoms with E-state index in [1.165, 1.54) is 42.6 Å². The fraction of sp³-hybridized carbons (Fsp3) is 0.370. The predicted octanol–water partition coefficient (Wildman–Crippen LogP) is 4.00. The number of benzene rings is 1. The Labute approximate surface area is 227 Å². The van der Waals surface area contributed by atoms with Crippen LogP contribution >= 0.6 is 22.7 Å². The number of fused-ring (bicyclic) bond motifs is 2. The number of amides is 2. The molecule has 4 heterocycles. The number of aryl methyl sites for hydroxylation is 1. The Bertz CT molecular complexity index is 1440. The highest BCUT2D eigenvalue weighted by Crippen LogP contribution is 2.35. The molecule has 200 valence electrons. The van der Waals surface area contributed by atoms with Crippen LogP contribution in [0.3, 0.4) is 0 Å². The summed E-state index contributed by atoms with van der Waals surface area (Å²) in [5, 5.41) is 20.0. The molecule has 0 aliphatic carbocycles. The molecule has 0 spiro atoms. The number of carbonyl (C=O) groups is 3. The molecule has 1 aromatic carbocycles. The lowest BCUT2D eigenvalue weighted by Crippen LogP contribution is -2.48. The molecule has 0 unspecified atom stereocenters. The average Bonchev–Trinajstić information content (AvgIpc) is 3.61. The molecule has 1 saturated heterocycles. The van der Waals surface area contributed by atoms with Gasteiger partial charge in [0.15, 0.2) is 5.75 Å². The van der Waals surface area contributed by atoms with E-state index in [2.05, 4.69) is 27.0 Å². The number of methoxy groups -OCH3 is 1. The van der Waals surface area contributed by atoms with Crippen molar-refractivity contribution in [1.82, 2.24) is 20.9 Å². The summed E-state index contributed by atoms with van der Waals surface area (Å²) >= 11 is 3.13. The zero-order valence-corrected chi connectivity index (χ0v) is 22.6. The van der Waals surface area contributed by atoms with Crippen molar-refractivity contribution in [1.29, 1.82) is 0 Å². The minimum absolute atomic E-state index is 0.126. The number of para-hydroxylation sites is 1. The number of aliphatic carboxylic acids is 1. The number of carboxylic acids is 1. The third kappa shape index (κ3) is 5.69. The Morgan fingerprint density at radius 3 is 2.66 bits per heavy atom. The van der Waals surface area contributed by atoms with Gasteiger partial charge in [-0.2, -0.15) is 0 Å². The molecule has 1 fully saturated rings. The summed E-state index contributed by atoms with van der Waals surface area (Å²) < 4.78 is 6.47. The standard InChI is InChI=1S/C27H30N4O5S2/c1-36-23-18-4-2-3-5-19(18)30-22(23)25(33)31-20(26(34)35)14-29-24(32)21-13-16-12-17(37-27(16)38-21)7-6-15-8-10-28-11-9-15/h2-5,12-13,15,20,28,30H,6-11,14H2,1H3,(H,29,32)(H,31,33)(H,34,35)/t20-/m0/s1. The highest BCUT2D eigenvalue weighted by molar-refractivity contribution is 7.39. The fourth-order valence-electron chi connectivity index (χ4n) is 4.84. The predicted molar refractivity (Wildman–Crippen MR) is 150 cm³/mol. The van der Waals surface area contributed by atoms with Crippen LogP contribution in [0.1, 0.15) is 44.3 Å². The van der Waals surface area contributed by atoms with Crippen LogP contribution in [-0.2, 0) is 11.2 Å². The minimum atomic E-state index is -1.31. The number of aromatic amines is 1. The van der Waals surface area contributed by atoms with Crippen LogP contribution in [0, 0.1) is 5.92 Å². The third-order valence-electron chi connectivity index (χ3n) is 6.91. The van der Waals surface area contributed by atoms with E-state index in [4.69, 9.17) is 4.74 Å². The molecule has 1 aliphatic rings. The number of ether oxygens (including phenoxy) is 1. The Hall–Kier alpha value is -3.41. The summed E-state index contributed by atoms with van der Waals surface area (Å²) in [6.45, 7) is 1.95. The maximum atomic E-state index is 12.9. The second-order valence-electron chi connectivity index (χ2n) is 9.45. The van der Waals surface area contributed by atoms with Crippen LogP contribution in [0.2, 0.25) is 0 Å².